The molecule has 1 N–H and O–H groups in total. The minimum absolute atomic E-state index is 0.0247. The van der Waals surface area contributed by atoms with Gasteiger partial charge in [0.1, 0.15) is 0 Å². The number of aromatic amines is 1. The molecule has 3 aromatic rings. The molecule has 0 saturated carbocycles. The third kappa shape index (κ3) is 3.02. The van der Waals surface area contributed by atoms with Gasteiger partial charge in [0.2, 0.25) is 5.89 Å². The maximum absolute atomic E-state index is 12.6. The van der Waals surface area contributed by atoms with Gasteiger partial charge in [-0.05, 0) is 31.0 Å². The first-order valence-electron chi connectivity index (χ1n) is 8.05. The molecule has 136 valence electrons. The van der Waals surface area contributed by atoms with Gasteiger partial charge in [0.05, 0.1) is 17.4 Å². The molecule has 1 amide bonds. The Bertz CT molecular complexity index is 941. The minimum Gasteiger partial charge on any atom is -0.417 e. The van der Waals surface area contributed by atoms with E-state index in [4.69, 9.17) is 4.42 Å². The van der Waals surface area contributed by atoms with Gasteiger partial charge >= 0.3 is 12.1 Å². The van der Waals surface area contributed by atoms with E-state index in [0.717, 1.165) is 11.0 Å². The summed E-state index contributed by atoms with van der Waals surface area (Å²) in [6.07, 6.45) is -2.15. The SMILES string of the molecule is O=C(c1ccc2nc[nH]c2c1)N1CCC(c2nnc(C(F)(F)F)o2)CC1. The number of hydrogen-bond donors (Lipinski definition) is 1. The fourth-order valence-electron chi connectivity index (χ4n) is 3.09. The molecule has 1 saturated heterocycles. The first-order chi connectivity index (χ1) is 12.4. The summed E-state index contributed by atoms with van der Waals surface area (Å²) in [7, 11) is 0. The summed E-state index contributed by atoms with van der Waals surface area (Å²) in [5.74, 6) is -1.76. The summed E-state index contributed by atoms with van der Waals surface area (Å²) < 4.78 is 42.4. The van der Waals surface area contributed by atoms with Crippen LogP contribution in [-0.2, 0) is 6.18 Å². The topological polar surface area (TPSA) is 87.9 Å². The van der Waals surface area contributed by atoms with Gasteiger partial charge in [0, 0.05) is 24.6 Å². The van der Waals surface area contributed by atoms with Crippen molar-refractivity contribution >= 4 is 16.9 Å². The van der Waals surface area contributed by atoms with Gasteiger partial charge in [0.15, 0.2) is 0 Å². The number of halogens is 3. The van der Waals surface area contributed by atoms with E-state index in [9.17, 15) is 18.0 Å². The van der Waals surface area contributed by atoms with Crippen LogP contribution in [0.5, 0.6) is 0 Å². The zero-order valence-electron chi connectivity index (χ0n) is 13.5. The van der Waals surface area contributed by atoms with Crippen LogP contribution >= 0.6 is 0 Å². The van der Waals surface area contributed by atoms with Crippen molar-refractivity contribution in [2.45, 2.75) is 24.9 Å². The molecule has 0 bridgehead atoms. The zero-order valence-corrected chi connectivity index (χ0v) is 13.5. The first-order valence-corrected chi connectivity index (χ1v) is 8.05. The van der Waals surface area contributed by atoms with Crippen LogP contribution in [0.25, 0.3) is 11.0 Å². The third-order valence-corrected chi connectivity index (χ3v) is 4.48. The Kier molecular flexibility index (Phi) is 3.89. The van der Waals surface area contributed by atoms with Crippen molar-refractivity contribution in [3.05, 3.63) is 41.9 Å². The number of carbonyl (C=O) groups excluding carboxylic acids is 1. The lowest BCUT2D eigenvalue weighted by molar-refractivity contribution is -0.157. The molecule has 1 aliphatic heterocycles. The Labute approximate surface area is 145 Å². The molecule has 4 rings (SSSR count). The predicted molar refractivity (Wildman–Crippen MR) is 83.3 cm³/mol. The Morgan fingerprint density at radius 1 is 1.23 bits per heavy atom. The molecule has 0 radical (unpaired) electrons. The Morgan fingerprint density at radius 3 is 2.69 bits per heavy atom. The van der Waals surface area contributed by atoms with Gasteiger partial charge in [-0.15, -0.1) is 10.2 Å². The number of amides is 1. The maximum atomic E-state index is 12.6. The fraction of sp³-hybridized carbons (Fsp3) is 0.375. The Hall–Kier alpha value is -2.91. The van der Waals surface area contributed by atoms with Gasteiger partial charge in [-0.1, -0.05) is 0 Å². The maximum Gasteiger partial charge on any atom is 0.470 e. The lowest BCUT2D eigenvalue weighted by atomic mass is 9.96. The minimum atomic E-state index is -4.65. The second-order valence-electron chi connectivity index (χ2n) is 6.14. The molecule has 1 aromatic carbocycles. The number of alkyl halides is 3. The van der Waals surface area contributed by atoms with E-state index in [0.29, 0.717) is 31.5 Å². The van der Waals surface area contributed by atoms with Crippen molar-refractivity contribution in [2.75, 3.05) is 13.1 Å². The van der Waals surface area contributed by atoms with Gasteiger partial charge < -0.3 is 14.3 Å². The Morgan fingerprint density at radius 2 is 2.00 bits per heavy atom. The molecule has 0 spiro atoms. The lowest BCUT2D eigenvalue weighted by Crippen LogP contribution is -2.38. The van der Waals surface area contributed by atoms with Gasteiger partial charge in [-0.2, -0.15) is 13.2 Å². The molecule has 0 unspecified atom stereocenters. The molecule has 26 heavy (non-hydrogen) atoms. The number of aromatic nitrogens is 4. The van der Waals surface area contributed by atoms with Crippen LogP contribution in [-0.4, -0.2) is 44.1 Å². The van der Waals surface area contributed by atoms with Crippen LogP contribution < -0.4 is 0 Å². The summed E-state index contributed by atoms with van der Waals surface area (Å²) in [5.41, 5.74) is 2.09. The van der Waals surface area contributed by atoms with E-state index in [1.807, 2.05) is 0 Å². The van der Waals surface area contributed by atoms with Gasteiger partial charge in [-0.25, -0.2) is 4.98 Å². The second kappa shape index (κ2) is 6.11. The molecule has 7 nitrogen and oxygen atoms in total. The number of imidazole rings is 1. The first kappa shape index (κ1) is 16.6. The molecule has 10 heteroatoms. The van der Waals surface area contributed by atoms with E-state index >= 15 is 0 Å². The quantitative estimate of drug-likeness (QED) is 0.754. The second-order valence-corrected chi connectivity index (χ2v) is 6.14. The molecule has 3 heterocycles. The van der Waals surface area contributed by atoms with Crippen LogP contribution in [0, 0.1) is 0 Å². The highest BCUT2D eigenvalue weighted by atomic mass is 19.4. The van der Waals surface area contributed by atoms with Crippen molar-refractivity contribution in [3.8, 4) is 0 Å². The summed E-state index contributed by atoms with van der Waals surface area (Å²) in [4.78, 5) is 21.4. The summed E-state index contributed by atoms with van der Waals surface area (Å²) >= 11 is 0. The van der Waals surface area contributed by atoms with Crippen LogP contribution in [0.4, 0.5) is 13.2 Å². The summed E-state index contributed by atoms with van der Waals surface area (Å²) in [6.45, 7) is 0.822. The molecule has 1 aliphatic rings. The largest absolute Gasteiger partial charge is 0.470 e. The molecular weight excluding hydrogens is 351 g/mol. The van der Waals surface area contributed by atoms with E-state index in [1.165, 1.54) is 0 Å². The van der Waals surface area contributed by atoms with Crippen LogP contribution in [0.15, 0.2) is 28.9 Å². The normalized spacial score (nSPS) is 16.3. The molecule has 2 aromatic heterocycles. The standard InChI is InChI=1S/C16H14F3N5O2/c17-16(18,19)15-23-22-13(26-15)9-3-5-24(6-4-9)14(25)10-1-2-11-12(7-10)21-8-20-11/h1-2,7-9H,3-6H2,(H,20,21). The van der Waals surface area contributed by atoms with Crippen LogP contribution in [0.1, 0.15) is 40.9 Å². The Balaban J connectivity index is 1.42. The number of rotatable bonds is 2. The van der Waals surface area contributed by atoms with Crippen LogP contribution in [0.2, 0.25) is 0 Å². The predicted octanol–water partition coefficient (Wildman–Crippen LogP) is 2.98. The van der Waals surface area contributed by atoms with Crippen molar-refractivity contribution in [3.63, 3.8) is 0 Å². The number of H-pyrrole nitrogens is 1. The fourth-order valence-corrected chi connectivity index (χ4v) is 3.09. The zero-order chi connectivity index (χ0) is 18.3. The summed E-state index contributed by atoms with van der Waals surface area (Å²) in [5, 5.41) is 6.57. The highest BCUT2D eigenvalue weighted by molar-refractivity contribution is 5.97. The lowest BCUT2D eigenvalue weighted by Gasteiger charge is -2.30. The van der Waals surface area contributed by atoms with Crippen LogP contribution in [0.3, 0.4) is 0 Å². The average molecular weight is 365 g/mol. The van der Waals surface area contributed by atoms with Crippen molar-refractivity contribution in [1.82, 2.24) is 25.1 Å². The number of benzene rings is 1. The molecule has 1 fully saturated rings. The third-order valence-electron chi connectivity index (χ3n) is 4.48. The van der Waals surface area contributed by atoms with Crippen molar-refractivity contribution in [2.24, 2.45) is 0 Å². The number of likely N-dealkylation sites (tertiary alicyclic amines) is 1. The number of carbonyl (C=O) groups is 1. The number of piperidine rings is 1. The highest BCUT2D eigenvalue weighted by Crippen LogP contribution is 2.32. The van der Waals surface area contributed by atoms with E-state index in [2.05, 4.69) is 20.2 Å². The van der Waals surface area contributed by atoms with Crippen molar-refractivity contribution in [1.29, 1.82) is 0 Å². The molecule has 0 atom stereocenters. The number of fused-ring (bicyclic) bond motifs is 1. The molecule has 0 aliphatic carbocycles. The van der Waals surface area contributed by atoms with Gasteiger partial charge in [-0.3, -0.25) is 4.79 Å². The number of hydrogen-bond acceptors (Lipinski definition) is 5. The highest BCUT2D eigenvalue weighted by Gasteiger charge is 2.39. The summed E-state index contributed by atoms with van der Waals surface area (Å²) in [6, 6.07) is 5.22. The number of nitrogens with zero attached hydrogens (tertiary/aromatic N) is 4. The molecular formula is C16H14F3N5O2. The van der Waals surface area contributed by atoms with E-state index in [-0.39, 0.29) is 17.7 Å². The van der Waals surface area contributed by atoms with E-state index in [1.54, 1.807) is 29.4 Å². The average Bonchev–Trinajstić information content (AvgIpc) is 3.29. The van der Waals surface area contributed by atoms with E-state index < -0.39 is 12.1 Å². The van der Waals surface area contributed by atoms with Gasteiger partial charge in [0.25, 0.3) is 5.91 Å². The monoisotopic (exact) mass is 365 g/mol. The number of nitrogens with one attached hydrogen (secondary N) is 1. The van der Waals surface area contributed by atoms with Crippen molar-refractivity contribution < 1.29 is 22.4 Å². The smallest absolute Gasteiger partial charge is 0.417 e.